The van der Waals surface area contributed by atoms with Crippen molar-refractivity contribution in [3.8, 4) is 5.75 Å². The number of hydrogen-bond acceptors (Lipinski definition) is 2. The molecular weight excluding hydrogens is 533 g/mol. The molecule has 0 spiro atoms. The van der Waals surface area contributed by atoms with E-state index in [1.807, 2.05) is 0 Å². The third-order valence-electron chi connectivity index (χ3n) is 3.89. The van der Waals surface area contributed by atoms with Crippen LogP contribution in [0.4, 0.5) is 80.3 Å². The molecule has 0 amide bonds. The van der Waals surface area contributed by atoms with Crippen molar-refractivity contribution in [2.45, 2.75) is 41.7 Å². The molecule has 1 aromatic rings. The summed E-state index contributed by atoms with van der Waals surface area (Å²) in [6.07, 6.45) is -7.78. The van der Waals surface area contributed by atoms with Gasteiger partial charge in [0.25, 0.3) is 0 Å². The topological polar surface area (TPSA) is 35.2 Å². The fourth-order valence-corrected chi connectivity index (χ4v) is 1.94. The Bertz CT molecular complexity index is 933. The first-order valence-corrected chi connectivity index (χ1v) is 7.74. The molecule has 0 aromatic heterocycles. The number of alkyl halides is 15. The summed E-state index contributed by atoms with van der Waals surface area (Å²) >= 11 is 0. The van der Waals surface area contributed by atoms with Crippen LogP contribution in [0.3, 0.4) is 0 Å². The SMILES string of the molecule is Nc1ccccc1OC(F)=C(F)C(F)(F)C(F)(F)C(F)(F)C(F)(F)C(F)(F)C(F)(F)C(F)(F)F. The van der Waals surface area contributed by atoms with Gasteiger partial charge in [-0.05, 0) is 12.1 Å². The number of rotatable bonds is 8. The molecule has 0 saturated carbocycles. The summed E-state index contributed by atoms with van der Waals surface area (Å²) in [5.74, 6) is -55.3. The van der Waals surface area contributed by atoms with E-state index in [1.54, 1.807) is 0 Å². The summed E-state index contributed by atoms with van der Waals surface area (Å²) in [5.41, 5.74) is 4.35. The molecule has 0 atom stereocenters. The molecule has 1 rings (SSSR count). The lowest BCUT2D eigenvalue weighted by Crippen LogP contribution is -2.72. The molecule has 0 aliphatic carbocycles. The second-order valence-electron chi connectivity index (χ2n) is 6.17. The van der Waals surface area contributed by atoms with Crippen LogP contribution in [0.5, 0.6) is 5.75 Å². The van der Waals surface area contributed by atoms with E-state index < -0.39 is 65.0 Å². The monoisotopic (exact) mass is 539 g/mol. The summed E-state index contributed by atoms with van der Waals surface area (Å²) < 4.78 is 226. The van der Waals surface area contributed by atoms with Crippen molar-refractivity contribution in [3.63, 3.8) is 0 Å². The zero-order chi connectivity index (χ0) is 27.3. The largest absolute Gasteiger partial charge is 0.460 e. The van der Waals surface area contributed by atoms with Crippen LogP contribution in [0.2, 0.25) is 0 Å². The third kappa shape index (κ3) is 4.05. The Morgan fingerprint density at radius 2 is 0.971 bits per heavy atom. The highest BCUT2D eigenvalue weighted by Gasteiger charge is 2.93. The number of nitrogens with two attached hydrogens (primary N) is 1. The normalized spacial score (nSPS) is 15.8. The molecule has 2 N–H and O–H groups in total. The minimum atomic E-state index is -8.63. The Hall–Kier alpha value is -2.63. The Labute approximate surface area is 175 Å². The molecule has 1 aromatic carbocycles. The quantitative estimate of drug-likeness (QED) is 0.217. The van der Waals surface area contributed by atoms with Crippen LogP contribution in [-0.2, 0) is 0 Å². The fourth-order valence-electron chi connectivity index (χ4n) is 1.94. The number of ether oxygens (including phenoxy) is 1. The van der Waals surface area contributed by atoms with Gasteiger partial charge >= 0.3 is 47.7 Å². The fraction of sp³-hybridized carbons (Fsp3) is 0.467. The maximum Gasteiger partial charge on any atom is 0.460 e. The first kappa shape index (κ1) is 29.4. The molecule has 19 heteroatoms. The summed E-state index contributed by atoms with van der Waals surface area (Å²) in [6, 6.07) is -0.288. The van der Waals surface area contributed by atoms with E-state index in [9.17, 15) is 74.6 Å². The maximum absolute atomic E-state index is 13.6. The Morgan fingerprint density at radius 1 is 0.588 bits per heavy atom. The highest BCUT2D eigenvalue weighted by atomic mass is 19.4. The molecule has 0 aliphatic rings. The van der Waals surface area contributed by atoms with Gasteiger partial charge in [-0.15, -0.1) is 0 Å². The minimum Gasteiger partial charge on any atom is -0.427 e. The van der Waals surface area contributed by atoms with E-state index in [4.69, 9.17) is 5.73 Å². The molecule has 0 saturated heterocycles. The number of para-hydroxylation sites is 2. The van der Waals surface area contributed by atoms with E-state index in [-0.39, 0.29) is 0 Å². The van der Waals surface area contributed by atoms with Crippen molar-refractivity contribution in [2.24, 2.45) is 0 Å². The summed E-state index contributed by atoms with van der Waals surface area (Å²) in [6.45, 7) is 0. The zero-order valence-electron chi connectivity index (χ0n) is 15.2. The van der Waals surface area contributed by atoms with E-state index >= 15 is 0 Å². The van der Waals surface area contributed by atoms with Crippen LogP contribution in [0.1, 0.15) is 0 Å². The number of anilines is 1. The number of hydrogen-bond donors (Lipinski definition) is 1. The van der Waals surface area contributed by atoms with Gasteiger partial charge in [0.2, 0.25) is 5.83 Å². The van der Waals surface area contributed by atoms with Crippen LogP contribution >= 0.6 is 0 Å². The zero-order valence-corrected chi connectivity index (χ0v) is 15.2. The Morgan fingerprint density at radius 3 is 1.38 bits per heavy atom. The highest BCUT2D eigenvalue weighted by Crippen LogP contribution is 2.63. The van der Waals surface area contributed by atoms with E-state index in [0.717, 1.165) is 18.2 Å². The standard InChI is InChI=1S/C15H6F17NO/c16-7(8(17)34-6-4-2-1-3-5(6)33)9(18,19)10(20,21)11(22,23)12(24,25)13(26,27)14(28,29)15(30,31)32/h1-4H,33H2. The Balaban J connectivity index is 3.61. The predicted octanol–water partition coefficient (Wildman–Crippen LogP) is 7.13. The summed E-state index contributed by atoms with van der Waals surface area (Å²) in [4.78, 5) is 0. The number of halogens is 17. The van der Waals surface area contributed by atoms with Crippen LogP contribution in [0, 0.1) is 0 Å². The van der Waals surface area contributed by atoms with Crippen molar-refractivity contribution in [1.82, 2.24) is 0 Å². The van der Waals surface area contributed by atoms with Crippen molar-refractivity contribution < 1.29 is 79.4 Å². The van der Waals surface area contributed by atoms with Gasteiger partial charge in [-0.2, -0.15) is 74.6 Å². The van der Waals surface area contributed by atoms with Gasteiger partial charge < -0.3 is 10.5 Å². The minimum absolute atomic E-state index is 0.543. The van der Waals surface area contributed by atoms with E-state index in [0.29, 0.717) is 6.07 Å². The average Bonchev–Trinajstić information content (AvgIpc) is 2.67. The lowest BCUT2D eigenvalue weighted by atomic mass is 9.91. The number of allylic oxidation sites excluding steroid dienone is 1. The number of benzene rings is 1. The first-order chi connectivity index (χ1) is 14.8. The highest BCUT2D eigenvalue weighted by molar-refractivity contribution is 5.52. The summed E-state index contributed by atoms with van der Waals surface area (Å²) in [7, 11) is 0. The molecule has 0 radical (unpaired) electrons. The molecule has 0 aliphatic heterocycles. The van der Waals surface area contributed by atoms with Gasteiger partial charge in [0.1, 0.15) is 0 Å². The molecule has 0 heterocycles. The van der Waals surface area contributed by atoms with Crippen LogP contribution in [0.25, 0.3) is 0 Å². The van der Waals surface area contributed by atoms with Crippen molar-refractivity contribution >= 4 is 5.69 Å². The summed E-state index contributed by atoms with van der Waals surface area (Å²) in [5, 5.41) is 0. The third-order valence-corrected chi connectivity index (χ3v) is 3.89. The van der Waals surface area contributed by atoms with Gasteiger partial charge in [-0.1, -0.05) is 12.1 Å². The van der Waals surface area contributed by atoms with Crippen molar-refractivity contribution in [1.29, 1.82) is 0 Å². The van der Waals surface area contributed by atoms with Crippen LogP contribution < -0.4 is 10.5 Å². The lowest BCUT2D eigenvalue weighted by molar-refractivity contribution is -0.451. The lowest BCUT2D eigenvalue weighted by Gasteiger charge is -2.41. The molecule has 2 nitrogen and oxygen atoms in total. The van der Waals surface area contributed by atoms with Crippen molar-refractivity contribution in [3.05, 3.63) is 36.1 Å². The van der Waals surface area contributed by atoms with Gasteiger partial charge in [-0.25, -0.2) is 0 Å². The number of nitrogen functional groups attached to an aromatic ring is 1. The smallest absolute Gasteiger partial charge is 0.427 e. The first-order valence-electron chi connectivity index (χ1n) is 7.74. The second-order valence-corrected chi connectivity index (χ2v) is 6.17. The molecule has 0 bridgehead atoms. The van der Waals surface area contributed by atoms with E-state index in [2.05, 4.69) is 4.74 Å². The predicted molar refractivity (Wildman–Crippen MR) is 76.5 cm³/mol. The molecule has 0 fully saturated rings. The van der Waals surface area contributed by atoms with Gasteiger partial charge in [0.05, 0.1) is 5.69 Å². The molecule has 0 unspecified atom stereocenters. The molecule has 196 valence electrons. The van der Waals surface area contributed by atoms with Crippen LogP contribution in [-0.4, -0.2) is 41.7 Å². The van der Waals surface area contributed by atoms with Gasteiger partial charge in [0, 0.05) is 0 Å². The van der Waals surface area contributed by atoms with E-state index in [1.165, 1.54) is 0 Å². The van der Waals surface area contributed by atoms with Gasteiger partial charge in [0.15, 0.2) is 5.75 Å². The maximum atomic E-state index is 13.6. The molecule has 34 heavy (non-hydrogen) atoms. The van der Waals surface area contributed by atoms with Gasteiger partial charge in [-0.3, -0.25) is 0 Å². The van der Waals surface area contributed by atoms with Crippen LogP contribution in [0.15, 0.2) is 36.1 Å². The average molecular weight is 539 g/mol. The molecular formula is C15H6F17NO. The second kappa shape index (κ2) is 8.24. The Kier molecular flexibility index (Phi) is 7.13. The van der Waals surface area contributed by atoms with Crippen molar-refractivity contribution in [2.75, 3.05) is 5.73 Å².